The van der Waals surface area contributed by atoms with Gasteiger partial charge in [0.15, 0.2) is 0 Å². The third kappa shape index (κ3) is 6.77. The molecule has 0 spiro atoms. The van der Waals surface area contributed by atoms with Crippen molar-refractivity contribution in [3.63, 3.8) is 0 Å². The summed E-state index contributed by atoms with van der Waals surface area (Å²) < 4.78 is 4.26. The highest BCUT2D eigenvalue weighted by atomic mass is 32.2. The first-order valence-electron chi connectivity index (χ1n) is 11.0. The molecule has 1 saturated heterocycles. The number of ether oxygens (including phenoxy) is 1. The highest BCUT2D eigenvalue weighted by molar-refractivity contribution is 8.03. The van der Waals surface area contributed by atoms with E-state index >= 15 is 0 Å². The molecule has 2 aliphatic heterocycles. The summed E-state index contributed by atoms with van der Waals surface area (Å²) >= 11 is 1.80. The van der Waals surface area contributed by atoms with Gasteiger partial charge in [-0.1, -0.05) is 44.2 Å². The molecular formula is C23H36N4O2S. The standard InChI is InChI=1S/C17H22N4S.C4H8O2.C2H6/c1-2-12-5-7-21(8-6-12)10-13-3-4-15-14(9-13)20-16-17(22-15)19-11-18-16;1-3-4(5)6-2;1-2/h2,9,11-12,20H,1,3-8,10H2,(H,18,19);3H2,1-2H3;1-2H3. The van der Waals surface area contributed by atoms with E-state index in [0.29, 0.717) is 6.42 Å². The fourth-order valence-corrected chi connectivity index (χ4v) is 4.56. The van der Waals surface area contributed by atoms with E-state index in [4.69, 9.17) is 0 Å². The van der Waals surface area contributed by atoms with Crippen LogP contribution in [0.1, 0.15) is 52.9 Å². The summed E-state index contributed by atoms with van der Waals surface area (Å²) in [7, 11) is 1.38. The van der Waals surface area contributed by atoms with E-state index in [1.54, 1.807) is 30.6 Å². The number of nitrogens with zero attached hydrogens (tertiary/aromatic N) is 2. The molecule has 2 N–H and O–H groups in total. The average molecular weight is 433 g/mol. The number of aromatic nitrogens is 2. The van der Waals surface area contributed by atoms with Gasteiger partial charge in [0.25, 0.3) is 0 Å². The van der Waals surface area contributed by atoms with Gasteiger partial charge in [0.1, 0.15) is 10.8 Å². The van der Waals surface area contributed by atoms with Gasteiger partial charge in [-0.05, 0) is 50.8 Å². The fourth-order valence-electron chi connectivity index (χ4n) is 3.58. The number of likely N-dealkylation sites (tertiary alicyclic amines) is 1. The Kier molecular flexibility index (Phi) is 10.2. The van der Waals surface area contributed by atoms with E-state index in [9.17, 15) is 4.79 Å². The van der Waals surface area contributed by atoms with Gasteiger partial charge in [-0.2, -0.15) is 0 Å². The number of H-pyrrole nitrogens is 1. The monoisotopic (exact) mass is 432 g/mol. The molecule has 0 atom stereocenters. The first-order valence-corrected chi connectivity index (χ1v) is 11.8. The molecule has 0 bridgehead atoms. The Labute approximate surface area is 185 Å². The van der Waals surface area contributed by atoms with E-state index < -0.39 is 0 Å². The van der Waals surface area contributed by atoms with Crippen molar-refractivity contribution in [2.75, 3.05) is 32.1 Å². The second-order valence-corrected chi connectivity index (χ2v) is 8.31. The highest BCUT2D eigenvalue weighted by Crippen LogP contribution is 2.42. The molecule has 3 heterocycles. The largest absolute Gasteiger partial charge is 0.469 e. The molecule has 1 aliphatic carbocycles. The maximum atomic E-state index is 9.96. The normalized spacial score (nSPS) is 18.3. The number of rotatable bonds is 4. The van der Waals surface area contributed by atoms with Crippen LogP contribution in [0.2, 0.25) is 0 Å². The Balaban J connectivity index is 0.000000348. The molecule has 0 radical (unpaired) electrons. The van der Waals surface area contributed by atoms with Crippen LogP contribution in [-0.2, 0) is 9.53 Å². The van der Waals surface area contributed by atoms with Crippen molar-refractivity contribution in [2.24, 2.45) is 5.92 Å². The van der Waals surface area contributed by atoms with Crippen LogP contribution in [0.5, 0.6) is 0 Å². The second kappa shape index (κ2) is 12.6. The molecule has 3 aliphatic rings. The quantitative estimate of drug-likeness (QED) is 0.493. The third-order valence-corrected chi connectivity index (χ3v) is 6.49. The zero-order valence-corrected chi connectivity index (χ0v) is 19.6. The van der Waals surface area contributed by atoms with Gasteiger partial charge in [0.2, 0.25) is 0 Å². The van der Waals surface area contributed by atoms with Gasteiger partial charge >= 0.3 is 5.97 Å². The Morgan fingerprint density at radius 1 is 1.37 bits per heavy atom. The van der Waals surface area contributed by atoms with Gasteiger partial charge in [-0.3, -0.25) is 9.69 Å². The maximum absolute atomic E-state index is 9.96. The summed E-state index contributed by atoms with van der Waals surface area (Å²) in [6.45, 7) is 13.2. The van der Waals surface area contributed by atoms with Gasteiger partial charge in [0.05, 0.1) is 13.4 Å². The number of hydrogen-bond acceptors (Lipinski definition) is 6. The summed E-state index contributed by atoms with van der Waals surface area (Å²) in [6, 6.07) is 0. The predicted molar refractivity (Wildman–Crippen MR) is 125 cm³/mol. The van der Waals surface area contributed by atoms with Crippen molar-refractivity contribution in [3.8, 4) is 0 Å². The molecular weight excluding hydrogens is 396 g/mol. The second-order valence-electron chi connectivity index (χ2n) is 7.23. The van der Waals surface area contributed by atoms with Crippen molar-refractivity contribution >= 4 is 23.5 Å². The summed E-state index contributed by atoms with van der Waals surface area (Å²) in [6.07, 6.45) is 11.5. The number of carbonyl (C=O) groups is 1. The highest BCUT2D eigenvalue weighted by Gasteiger charge is 2.24. The number of imidazole rings is 1. The van der Waals surface area contributed by atoms with Gasteiger partial charge in [-0.25, -0.2) is 4.98 Å². The molecule has 1 aromatic heterocycles. The minimum atomic E-state index is -0.157. The average Bonchev–Trinajstić information content (AvgIpc) is 3.26. The number of nitrogens with one attached hydrogen (secondary N) is 2. The van der Waals surface area contributed by atoms with Gasteiger partial charge in [-0.15, -0.1) is 6.58 Å². The first kappa shape index (κ1) is 24.3. The number of anilines is 1. The molecule has 6 nitrogen and oxygen atoms in total. The summed E-state index contributed by atoms with van der Waals surface area (Å²) in [5.74, 6) is 1.60. The first-order chi connectivity index (χ1) is 14.6. The smallest absolute Gasteiger partial charge is 0.305 e. The molecule has 1 aromatic rings. The predicted octanol–water partition coefficient (Wildman–Crippen LogP) is 5.35. The third-order valence-electron chi connectivity index (χ3n) is 5.31. The van der Waals surface area contributed by atoms with E-state index in [0.717, 1.165) is 29.7 Å². The zero-order chi connectivity index (χ0) is 21.9. The molecule has 0 saturated carbocycles. The van der Waals surface area contributed by atoms with Crippen LogP contribution in [0.4, 0.5) is 5.82 Å². The number of fused-ring (bicyclic) bond motifs is 1. The van der Waals surface area contributed by atoms with Crippen molar-refractivity contribution in [2.45, 2.75) is 57.9 Å². The van der Waals surface area contributed by atoms with Crippen molar-refractivity contribution in [1.82, 2.24) is 14.9 Å². The van der Waals surface area contributed by atoms with Crippen molar-refractivity contribution in [1.29, 1.82) is 0 Å². The van der Waals surface area contributed by atoms with Gasteiger partial charge < -0.3 is 15.0 Å². The zero-order valence-electron chi connectivity index (χ0n) is 18.8. The molecule has 4 rings (SSSR count). The number of aromatic amines is 1. The van der Waals surface area contributed by atoms with Crippen LogP contribution in [0.25, 0.3) is 0 Å². The van der Waals surface area contributed by atoms with Crippen LogP contribution in [0, 0.1) is 5.92 Å². The van der Waals surface area contributed by atoms with E-state index in [-0.39, 0.29) is 5.97 Å². The van der Waals surface area contributed by atoms with E-state index in [2.05, 4.69) is 43.7 Å². The Bertz CT molecular complexity index is 755. The Morgan fingerprint density at radius 2 is 2.10 bits per heavy atom. The van der Waals surface area contributed by atoms with Crippen LogP contribution in [-0.4, -0.2) is 47.6 Å². The lowest BCUT2D eigenvalue weighted by atomic mass is 9.95. The molecule has 166 valence electrons. The minimum absolute atomic E-state index is 0.157. The number of methoxy groups -OCH3 is 1. The lowest BCUT2D eigenvalue weighted by molar-refractivity contribution is -0.140. The number of esters is 1. The summed E-state index contributed by atoms with van der Waals surface area (Å²) in [5.41, 5.74) is 2.82. The Morgan fingerprint density at radius 3 is 2.70 bits per heavy atom. The molecule has 1 fully saturated rings. The lowest BCUT2D eigenvalue weighted by Gasteiger charge is -2.32. The van der Waals surface area contributed by atoms with Crippen LogP contribution in [0.3, 0.4) is 0 Å². The van der Waals surface area contributed by atoms with Gasteiger partial charge in [0, 0.05) is 23.6 Å². The van der Waals surface area contributed by atoms with Crippen LogP contribution < -0.4 is 5.32 Å². The van der Waals surface area contributed by atoms with Crippen LogP contribution in [0.15, 0.2) is 46.3 Å². The maximum Gasteiger partial charge on any atom is 0.305 e. The fraction of sp³-hybridized carbons (Fsp3) is 0.565. The lowest BCUT2D eigenvalue weighted by Crippen LogP contribution is -2.35. The number of piperidine rings is 1. The van der Waals surface area contributed by atoms with E-state index in [1.807, 2.05) is 13.8 Å². The Hall–Kier alpha value is -1.99. The molecule has 0 amide bonds. The summed E-state index contributed by atoms with van der Waals surface area (Å²) in [5, 5.41) is 4.57. The molecule has 0 aromatic carbocycles. The topological polar surface area (TPSA) is 70.2 Å². The SMILES string of the molecule is C=CC1CCN(CC2=CC3=C(CC2)Sc2nc[nH]c2N3)CC1.CC.CCC(=O)OC. The minimum Gasteiger partial charge on any atom is -0.469 e. The number of allylic oxidation sites excluding steroid dienone is 3. The van der Waals surface area contributed by atoms with Crippen molar-refractivity contribution < 1.29 is 9.53 Å². The van der Waals surface area contributed by atoms with Crippen molar-refractivity contribution in [3.05, 3.63) is 41.2 Å². The number of hydrogen-bond donors (Lipinski definition) is 2. The molecule has 7 heteroatoms. The number of thioether (sulfide) groups is 1. The summed E-state index contributed by atoms with van der Waals surface area (Å²) in [4.78, 5) is 21.5. The van der Waals surface area contributed by atoms with Crippen LogP contribution >= 0.6 is 11.8 Å². The number of carbonyl (C=O) groups excluding carboxylic acids is 1. The molecule has 0 unspecified atom stereocenters. The van der Waals surface area contributed by atoms with E-state index in [1.165, 1.54) is 50.1 Å². The molecule has 30 heavy (non-hydrogen) atoms.